The van der Waals surface area contributed by atoms with Crippen LogP contribution in [-0.2, 0) is 11.2 Å². The molecule has 0 heterocycles. The molecule has 1 aromatic rings. The van der Waals surface area contributed by atoms with E-state index in [9.17, 15) is 9.90 Å². The van der Waals surface area contributed by atoms with E-state index in [0.29, 0.717) is 0 Å². The standard InChI is InChI=1S/C24H40O2/c1-3-5-7-8-9-10-11-12-13-14-20-23(24(25)26)22-19-16-15-18-21(22)17-6-4-2/h15-16,18-19,23H,3-14,17,20H2,1-2H3,(H,25,26). The molecule has 1 aromatic carbocycles. The lowest BCUT2D eigenvalue weighted by atomic mass is 9.88. The topological polar surface area (TPSA) is 37.3 Å². The second-order valence-corrected chi connectivity index (χ2v) is 7.66. The molecular weight excluding hydrogens is 320 g/mol. The van der Waals surface area contributed by atoms with Crippen molar-refractivity contribution >= 4 is 5.97 Å². The second-order valence-electron chi connectivity index (χ2n) is 7.66. The summed E-state index contributed by atoms with van der Waals surface area (Å²) in [4.78, 5) is 11.8. The highest BCUT2D eigenvalue weighted by Gasteiger charge is 2.21. The van der Waals surface area contributed by atoms with Crippen molar-refractivity contribution in [2.24, 2.45) is 0 Å². The first kappa shape index (κ1) is 22.7. The predicted molar refractivity (Wildman–Crippen MR) is 112 cm³/mol. The van der Waals surface area contributed by atoms with Crippen molar-refractivity contribution in [2.45, 2.75) is 110 Å². The number of hydrogen-bond donors (Lipinski definition) is 1. The maximum atomic E-state index is 11.8. The molecule has 0 saturated heterocycles. The number of rotatable bonds is 16. The molecular formula is C24H40O2. The van der Waals surface area contributed by atoms with E-state index >= 15 is 0 Å². The van der Waals surface area contributed by atoms with Crippen molar-refractivity contribution in [1.29, 1.82) is 0 Å². The van der Waals surface area contributed by atoms with Gasteiger partial charge in [0.15, 0.2) is 0 Å². The summed E-state index contributed by atoms with van der Waals surface area (Å²) in [5, 5.41) is 9.72. The van der Waals surface area contributed by atoms with Gasteiger partial charge < -0.3 is 5.11 Å². The summed E-state index contributed by atoms with van der Waals surface area (Å²) in [6.45, 7) is 4.44. The zero-order chi connectivity index (χ0) is 19.0. The van der Waals surface area contributed by atoms with Crippen LogP contribution < -0.4 is 0 Å². The maximum absolute atomic E-state index is 11.8. The van der Waals surface area contributed by atoms with Gasteiger partial charge in [0.2, 0.25) is 0 Å². The van der Waals surface area contributed by atoms with Crippen LogP contribution in [0.25, 0.3) is 0 Å². The van der Waals surface area contributed by atoms with Crippen LogP contribution in [-0.4, -0.2) is 11.1 Å². The van der Waals surface area contributed by atoms with Crippen molar-refractivity contribution in [3.8, 4) is 0 Å². The number of hydrogen-bond acceptors (Lipinski definition) is 1. The van der Waals surface area contributed by atoms with Gasteiger partial charge in [0.25, 0.3) is 0 Å². The highest BCUT2D eigenvalue weighted by Crippen LogP contribution is 2.27. The first-order valence-electron chi connectivity index (χ1n) is 11.0. The van der Waals surface area contributed by atoms with Crippen LogP contribution in [0.5, 0.6) is 0 Å². The molecule has 0 aromatic heterocycles. The number of carboxylic acids is 1. The van der Waals surface area contributed by atoms with E-state index in [1.807, 2.05) is 18.2 Å². The Morgan fingerprint density at radius 2 is 1.35 bits per heavy atom. The monoisotopic (exact) mass is 360 g/mol. The van der Waals surface area contributed by atoms with Gasteiger partial charge in [-0.15, -0.1) is 0 Å². The molecule has 0 spiro atoms. The van der Waals surface area contributed by atoms with Gasteiger partial charge in [0.1, 0.15) is 0 Å². The molecule has 2 heteroatoms. The van der Waals surface area contributed by atoms with E-state index < -0.39 is 5.97 Å². The minimum Gasteiger partial charge on any atom is -0.481 e. The quantitative estimate of drug-likeness (QED) is 0.310. The molecule has 1 atom stereocenters. The van der Waals surface area contributed by atoms with Gasteiger partial charge in [-0.25, -0.2) is 0 Å². The fourth-order valence-electron chi connectivity index (χ4n) is 3.72. The molecule has 0 aliphatic carbocycles. The van der Waals surface area contributed by atoms with E-state index in [0.717, 1.165) is 44.1 Å². The van der Waals surface area contributed by atoms with E-state index in [1.165, 1.54) is 56.9 Å². The van der Waals surface area contributed by atoms with Gasteiger partial charge in [-0.1, -0.05) is 109 Å². The number of benzene rings is 1. The Kier molecular flexibility index (Phi) is 13.0. The van der Waals surface area contributed by atoms with E-state index in [4.69, 9.17) is 0 Å². The van der Waals surface area contributed by atoms with Crippen molar-refractivity contribution in [3.63, 3.8) is 0 Å². The average Bonchev–Trinajstić information content (AvgIpc) is 2.64. The zero-order valence-corrected chi connectivity index (χ0v) is 17.1. The molecule has 1 unspecified atom stereocenters. The Morgan fingerprint density at radius 3 is 1.92 bits per heavy atom. The smallest absolute Gasteiger partial charge is 0.310 e. The first-order chi connectivity index (χ1) is 12.7. The fraction of sp³-hybridized carbons (Fsp3) is 0.708. The van der Waals surface area contributed by atoms with E-state index in [-0.39, 0.29) is 5.92 Å². The summed E-state index contributed by atoms with van der Waals surface area (Å²) in [6, 6.07) is 8.16. The Balaban J connectivity index is 2.33. The summed E-state index contributed by atoms with van der Waals surface area (Å²) >= 11 is 0. The number of aliphatic carboxylic acids is 1. The minimum atomic E-state index is -0.662. The molecule has 0 radical (unpaired) electrons. The summed E-state index contributed by atoms with van der Waals surface area (Å²) in [5.74, 6) is -0.998. The highest BCUT2D eigenvalue weighted by molar-refractivity contribution is 5.76. The van der Waals surface area contributed by atoms with Crippen LogP contribution in [0.15, 0.2) is 24.3 Å². The molecule has 0 aliphatic rings. The van der Waals surface area contributed by atoms with Gasteiger partial charge in [-0.2, -0.15) is 0 Å². The third-order valence-electron chi connectivity index (χ3n) is 5.37. The Labute approximate surface area is 161 Å². The lowest BCUT2D eigenvalue weighted by Crippen LogP contribution is -2.14. The van der Waals surface area contributed by atoms with Crippen LogP contribution in [0.2, 0.25) is 0 Å². The Morgan fingerprint density at radius 1 is 0.808 bits per heavy atom. The van der Waals surface area contributed by atoms with Gasteiger partial charge >= 0.3 is 5.97 Å². The minimum absolute atomic E-state index is 0.336. The highest BCUT2D eigenvalue weighted by atomic mass is 16.4. The molecule has 0 fully saturated rings. The first-order valence-corrected chi connectivity index (χ1v) is 11.0. The van der Waals surface area contributed by atoms with Crippen LogP contribution in [0.3, 0.4) is 0 Å². The molecule has 26 heavy (non-hydrogen) atoms. The lowest BCUT2D eigenvalue weighted by Gasteiger charge is -2.17. The van der Waals surface area contributed by atoms with Gasteiger partial charge in [0, 0.05) is 0 Å². The van der Waals surface area contributed by atoms with Gasteiger partial charge in [0.05, 0.1) is 5.92 Å². The van der Waals surface area contributed by atoms with Crippen LogP contribution in [0.1, 0.15) is 114 Å². The molecule has 0 saturated carbocycles. The number of unbranched alkanes of at least 4 members (excludes halogenated alkanes) is 10. The number of carboxylic acid groups (broad SMARTS) is 1. The van der Waals surface area contributed by atoms with Crippen molar-refractivity contribution < 1.29 is 9.90 Å². The van der Waals surface area contributed by atoms with Gasteiger partial charge in [-0.05, 0) is 30.4 Å². The molecule has 2 nitrogen and oxygen atoms in total. The van der Waals surface area contributed by atoms with Crippen LogP contribution in [0, 0.1) is 0 Å². The maximum Gasteiger partial charge on any atom is 0.310 e. The number of carbonyl (C=O) groups is 1. The predicted octanol–water partition coefficient (Wildman–Crippen LogP) is 7.51. The molecule has 1 rings (SSSR count). The molecule has 0 bridgehead atoms. The summed E-state index contributed by atoms with van der Waals surface area (Å²) < 4.78 is 0. The van der Waals surface area contributed by atoms with E-state index in [1.54, 1.807) is 0 Å². The molecule has 0 aliphatic heterocycles. The lowest BCUT2D eigenvalue weighted by molar-refractivity contribution is -0.139. The zero-order valence-electron chi connectivity index (χ0n) is 17.1. The van der Waals surface area contributed by atoms with Crippen LogP contribution >= 0.6 is 0 Å². The fourth-order valence-corrected chi connectivity index (χ4v) is 3.72. The summed E-state index contributed by atoms with van der Waals surface area (Å²) in [6.07, 6.45) is 16.9. The van der Waals surface area contributed by atoms with Crippen molar-refractivity contribution in [2.75, 3.05) is 0 Å². The average molecular weight is 361 g/mol. The third-order valence-corrected chi connectivity index (χ3v) is 5.37. The number of aryl methyl sites for hydroxylation is 1. The Hall–Kier alpha value is -1.31. The molecule has 148 valence electrons. The molecule has 1 N–H and O–H groups in total. The normalized spacial score (nSPS) is 12.2. The summed E-state index contributed by atoms with van der Waals surface area (Å²) in [7, 11) is 0. The SMILES string of the molecule is CCCCCCCCCCCCC(C(=O)O)c1ccccc1CCCC. The summed E-state index contributed by atoms with van der Waals surface area (Å²) in [5.41, 5.74) is 2.28. The van der Waals surface area contributed by atoms with Gasteiger partial charge in [-0.3, -0.25) is 4.79 Å². The van der Waals surface area contributed by atoms with E-state index in [2.05, 4.69) is 19.9 Å². The van der Waals surface area contributed by atoms with Crippen molar-refractivity contribution in [1.82, 2.24) is 0 Å². The second kappa shape index (κ2) is 14.8. The van der Waals surface area contributed by atoms with Crippen molar-refractivity contribution in [3.05, 3.63) is 35.4 Å². The molecule has 0 amide bonds. The Bertz CT molecular complexity index is 481. The largest absolute Gasteiger partial charge is 0.481 e. The van der Waals surface area contributed by atoms with Crippen LogP contribution in [0.4, 0.5) is 0 Å². The third kappa shape index (κ3) is 9.40.